The number of hydrogen-bond acceptors (Lipinski definition) is 4. The number of carbonyl (C=O) groups excluding carboxylic acids is 1. The number of nitrogens with two attached hydrogens (primary N) is 1. The smallest absolute Gasteiger partial charge is 0.260 e. The van der Waals surface area contributed by atoms with Gasteiger partial charge in [-0.15, -0.1) is 0 Å². The fourth-order valence-electron chi connectivity index (χ4n) is 1.77. The molecule has 20 heavy (non-hydrogen) atoms. The van der Waals surface area contributed by atoms with E-state index in [4.69, 9.17) is 10.2 Å². The van der Waals surface area contributed by atoms with Gasteiger partial charge in [0.25, 0.3) is 5.91 Å². The molecule has 1 amide bonds. The third-order valence-corrected chi connectivity index (χ3v) is 2.62. The van der Waals surface area contributed by atoms with Gasteiger partial charge in [-0.05, 0) is 32.0 Å². The molecule has 0 radical (unpaired) electrons. The fraction of sp³-hybridized carbons (Fsp3) is 0.200. The first-order valence-corrected chi connectivity index (χ1v) is 6.13. The summed E-state index contributed by atoms with van der Waals surface area (Å²) < 4.78 is 5.33. The van der Waals surface area contributed by atoms with E-state index in [2.05, 4.69) is 22.1 Å². The fourth-order valence-corrected chi connectivity index (χ4v) is 1.77. The van der Waals surface area contributed by atoms with Crippen molar-refractivity contribution < 1.29 is 9.21 Å². The summed E-state index contributed by atoms with van der Waals surface area (Å²) >= 11 is 0. The molecule has 0 fully saturated rings. The highest BCUT2D eigenvalue weighted by Gasteiger charge is 2.13. The van der Waals surface area contributed by atoms with Crippen molar-refractivity contribution in [1.29, 1.82) is 0 Å². The highest BCUT2D eigenvalue weighted by atomic mass is 16.3. The molecule has 0 aliphatic heterocycles. The number of rotatable bonds is 2. The lowest BCUT2D eigenvalue weighted by Crippen LogP contribution is -2.13. The molecule has 5 nitrogen and oxygen atoms in total. The Bertz CT molecular complexity index is 693. The van der Waals surface area contributed by atoms with Crippen LogP contribution in [0.3, 0.4) is 0 Å². The summed E-state index contributed by atoms with van der Waals surface area (Å²) in [5.41, 5.74) is 6.57. The minimum atomic E-state index is -0.254. The SMILES string of the molecule is Cc1cc(C(=O)Nc2cc(C#CCN)ccn2)c(C)o1. The van der Waals surface area contributed by atoms with Gasteiger partial charge < -0.3 is 15.5 Å². The second-order valence-electron chi connectivity index (χ2n) is 4.22. The van der Waals surface area contributed by atoms with Crippen LogP contribution in [0, 0.1) is 25.7 Å². The summed E-state index contributed by atoms with van der Waals surface area (Å²) in [6.07, 6.45) is 1.59. The van der Waals surface area contributed by atoms with Crippen molar-refractivity contribution >= 4 is 11.7 Å². The first-order valence-electron chi connectivity index (χ1n) is 6.13. The van der Waals surface area contributed by atoms with Crippen LogP contribution in [0.1, 0.15) is 27.4 Å². The summed E-state index contributed by atoms with van der Waals surface area (Å²) in [5, 5.41) is 2.72. The van der Waals surface area contributed by atoms with Gasteiger partial charge in [-0.2, -0.15) is 0 Å². The maximum atomic E-state index is 12.1. The molecule has 5 heteroatoms. The van der Waals surface area contributed by atoms with Crippen LogP contribution in [0.2, 0.25) is 0 Å². The molecule has 3 N–H and O–H groups in total. The van der Waals surface area contributed by atoms with Crippen molar-refractivity contribution in [1.82, 2.24) is 4.98 Å². The van der Waals surface area contributed by atoms with E-state index in [9.17, 15) is 4.79 Å². The number of aromatic nitrogens is 1. The van der Waals surface area contributed by atoms with Crippen molar-refractivity contribution in [3.8, 4) is 11.8 Å². The number of furan rings is 1. The number of carbonyl (C=O) groups is 1. The molecule has 0 spiro atoms. The van der Waals surface area contributed by atoms with Crippen molar-refractivity contribution in [2.75, 3.05) is 11.9 Å². The molecule has 0 aliphatic rings. The second-order valence-corrected chi connectivity index (χ2v) is 4.22. The van der Waals surface area contributed by atoms with Crippen LogP contribution in [0.5, 0.6) is 0 Å². The lowest BCUT2D eigenvalue weighted by molar-refractivity contribution is 0.102. The standard InChI is InChI=1S/C15H15N3O2/c1-10-8-13(11(2)20-10)15(19)18-14-9-12(4-3-6-16)5-7-17-14/h5,7-9H,6,16H2,1-2H3,(H,17,18,19). The topological polar surface area (TPSA) is 81.2 Å². The molecule has 0 saturated heterocycles. The Hall–Kier alpha value is -2.58. The molecular weight excluding hydrogens is 254 g/mol. The Morgan fingerprint density at radius 3 is 2.90 bits per heavy atom. The van der Waals surface area contributed by atoms with Gasteiger partial charge in [0.2, 0.25) is 0 Å². The van der Waals surface area contributed by atoms with Crippen LogP contribution in [-0.2, 0) is 0 Å². The Kier molecular flexibility index (Phi) is 4.18. The molecule has 0 saturated carbocycles. The van der Waals surface area contributed by atoms with Crippen molar-refractivity contribution in [3.05, 3.63) is 47.0 Å². The lowest BCUT2D eigenvalue weighted by Gasteiger charge is -2.03. The lowest BCUT2D eigenvalue weighted by atomic mass is 10.2. The van der Waals surface area contributed by atoms with E-state index < -0.39 is 0 Å². The molecule has 0 aromatic carbocycles. The zero-order valence-electron chi connectivity index (χ0n) is 11.4. The zero-order valence-corrected chi connectivity index (χ0v) is 11.4. The van der Waals surface area contributed by atoms with Gasteiger partial charge in [-0.25, -0.2) is 4.98 Å². The highest BCUT2D eigenvalue weighted by molar-refractivity contribution is 6.04. The number of aryl methyl sites for hydroxylation is 2. The summed E-state index contributed by atoms with van der Waals surface area (Å²) in [7, 11) is 0. The Balaban J connectivity index is 2.17. The van der Waals surface area contributed by atoms with Gasteiger partial charge in [0.15, 0.2) is 0 Å². The minimum absolute atomic E-state index is 0.254. The summed E-state index contributed by atoms with van der Waals surface area (Å²) in [6, 6.07) is 5.15. The Morgan fingerprint density at radius 1 is 1.45 bits per heavy atom. The molecule has 0 bridgehead atoms. The Labute approximate surface area is 117 Å². The van der Waals surface area contributed by atoms with Crippen molar-refractivity contribution in [2.24, 2.45) is 5.73 Å². The minimum Gasteiger partial charge on any atom is -0.466 e. The third-order valence-electron chi connectivity index (χ3n) is 2.62. The number of anilines is 1. The normalized spacial score (nSPS) is 9.75. The number of pyridine rings is 1. The largest absolute Gasteiger partial charge is 0.466 e. The van der Waals surface area contributed by atoms with Crippen molar-refractivity contribution in [3.63, 3.8) is 0 Å². The average molecular weight is 269 g/mol. The summed E-state index contributed by atoms with van der Waals surface area (Å²) in [4.78, 5) is 16.2. The first kappa shape index (κ1) is 13.8. The molecule has 2 heterocycles. The number of nitrogens with one attached hydrogen (secondary N) is 1. The van der Waals surface area contributed by atoms with Gasteiger partial charge >= 0.3 is 0 Å². The van der Waals surface area contributed by atoms with E-state index in [0.29, 0.717) is 22.9 Å². The average Bonchev–Trinajstić information content (AvgIpc) is 2.76. The van der Waals surface area contributed by atoms with Crippen LogP contribution < -0.4 is 11.1 Å². The number of amides is 1. The van der Waals surface area contributed by atoms with E-state index in [1.807, 2.05) is 0 Å². The number of hydrogen-bond donors (Lipinski definition) is 2. The molecule has 102 valence electrons. The molecule has 2 aromatic rings. The quantitative estimate of drug-likeness (QED) is 0.815. The Morgan fingerprint density at radius 2 is 2.25 bits per heavy atom. The molecular formula is C15H15N3O2. The van der Waals surface area contributed by atoms with E-state index in [0.717, 1.165) is 5.56 Å². The van der Waals surface area contributed by atoms with E-state index in [1.54, 1.807) is 38.2 Å². The monoisotopic (exact) mass is 269 g/mol. The van der Waals surface area contributed by atoms with E-state index in [1.165, 1.54) is 0 Å². The summed E-state index contributed by atoms with van der Waals surface area (Å²) in [5.74, 6) is 7.11. The highest BCUT2D eigenvalue weighted by Crippen LogP contribution is 2.15. The van der Waals surface area contributed by atoms with Gasteiger partial charge in [0, 0.05) is 11.8 Å². The van der Waals surface area contributed by atoms with Gasteiger partial charge in [0.05, 0.1) is 12.1 Å². The van der Waals surface area contributed by atoms with Gasteiger partial charge in [-0.1, -0.05) is 11.8 Å². The predicted octanol–water partition coefficient (Wildman–Crippen LogP) is 1.85. The molecule has 2 rings (SSSR count). The van der Waals surface area contributed by atoms with E-state index >= 15 is 0 Å². The van der Waals surface area contributed by atoms with Crippen LogP contribution >= 0.6 is 0 Å². The zero-order chi connectivity index (χ0) is 14.5. The second kappa shape index (κ2) is 6.04. The van der Waals surface area contributed by atoms with Crippen LogP contribution in [0.15, 0.2) is 28.8 Å². The molecule has 2 aromatic heterocycles. The maximum absolute atomic E-state index is 12.1. The molecule has 0 atom stereocenters. The molecule has 0 aliphatic carbocycles. The first-order chi connectivity index (χ1) is 9.60. The maximum Gasteiger partial charge on any atom is 0.260 e. The third kappa shape index (κ3) is 3.25. The van der Waals surface area contributed by atoms with Crippen LogP contribution in [0.4, 0.5) is 5.82 Å². The molecule has 0 unspecified atom stereocenters. The van der Waals surface area contributed by atoms with Crippen LogP contribution in [-0.4, -0.2) is 17.4 Å². The van der Waals surface area contributed by atoms with Crippen molar-refractivity contribution in [2.45, 2.75) is 13.8 Å². The predicted molar refractivity (Wildman–Crippen MR) is 76.3 cm³/mol. The van der Waals surface area contributed by atoms with E-state index in [-0.39, 0.29) is 12.5 Å². The van der Waals surface area contributed by atoms with Gasteiger partial charge in [-0.3, -0.25) is 4.79 Å². The summed E-state index contributed by atoms with van der Waals surface area (Å²) in [6.45, 7) is 3.83. The van der Waals surface area contributed by atoms with Gasteiger partial charge in [0.1, 0.15) is 17.3 Å². The number of nitrogens with zero attached hydrogens (tertiary/aromatic N) is 1. The van der Waals surface area contributed by atoms with Crippen LogP contribution in [0.25, 0.3) is 0 Å².